The summed E-state index contributed by atoms with van der Waals surface area (Å²) in [6.07, 6.45) is 2.05. The van der Waals surface area contributed by atoms with E-state index < -0.39 is 0 Å². The largest absolute Gasteiger partial charge is 0.317 e. The van der Waals surface area contributed by atoms with Gasteiger partial charge in [0, 0.05) is 22.4 Å². The van der Waals surface area contributed by atoms with Gasteiger partial charge in [-0.1, -0.05) is 11.6 Å². The average molecular weight is 339 g/mol. The van der Waals surface area contributed by atoms with E-state index >= 15 is 0 Å². The van der Waals surface area contributed by atoms with Crippen molar-refractivity contribution in [1.82, 2.24) is 19.9 Å². The second kappa shape index (κ2) is 5.91. The fraction of sp³-hybridized carbons (Fsp3) is 0.333. The number of fused-ring (bicyclic) bond motifs is 3. The third-order valence-electron chi connectivity index (χ3n) is 4.16. The molecular weight excluding hydrogens is 323 g/mol. The number of hydrogen-bond acceptors (Lipinski definition) is 3. The van der Waals surface area contributed by atoms with Crippen molar-refractivity contribution in [1.29, 1.82) is 0 Å². The van der Waals surface area contributed by atoms with Crippen LogP contribution in [0.4, 0.5) is 0 Å². The number of halogens is 2. The molecule has 2 N–H and O–H groups in total. The molecule has 1 aliphatic rings. The van der Waals surface area contributed by atoms with Gasteiger partial charge in [-0.3, -0.25) is 4.79 Å². The van der Waals surface area contributed by atoms with Gasteiger partial charge in [-0.05, 0) is 44.1 Å². The lowest BCUT2D eigenvalue weighted by molar-refractivity contribution is 0.446. The lowest BCUT2D eigenvalue weighted by Crippen LogP contribution is -2.28. The average Bonchev–Trinajstić information content (AvgIpc) is 2.84. The maximum atomic E-state index is 12.0. The van der Waals surface area contributed by atoms with Crippen LogP contribution in [0.2, 0.25) is 5.02 Å². The fourth-order valence-electron chi connectivity index (χ4n) is 3.12. The first-order valence-corrected chi connectivity index (χ1v) is 7.52. The molecule has 0 bridgehead atoms. The van der Waals surface area contributed by atoms with E-state index in [4.69, 9.17) is 11.6 Å². The van der Waals surface area contributed by atoms with Gasteiger partial charge in [0.1, 0.15) is 5.65 Å². The van der Waals surface area contributed by atoms with Crippen LogP contribution in [0.15, 0.2) is 29.1 Å². The molecule has 4 rings (SSSR count). The molecule has 1 saturated heterocycles. The second-order valence-corrected chi connectivity index (χ2v) is 5.94. The summed E-state index contributed by atoms with van der Waals surface area (Å²) < 4.78 is 1.87. The summed E-state index contributed by atoms with van der Waals surface area (Å²) in [4.78, 5) is 14.9. The molecule has 1 aromatic carbocycles. The predicted octanol–water partition coefficient (Wildman–Crippen LogP) is 2.72. The van der Waals surface area contributed by atoms with E-state index in [0.29, 0.717) is 10.9 Å². The normalized spacial score (nSPS) is 16.0. The molecular formula is C15H16Cl2N4O. The number of aromatic nitrogens is 3. The zero-order valence-electron chi connectivity index (χ0n) is 11.8. The Hall–Kier alpha value is -1.56. The van der Waals surface area contributed by atoms with Gasteiger partial charge in [0.2, 0.25) is 0 Å². The van der Waals surface area contributed by atoms with Gasteiger partial charge in [0.15, 0.2) is 0 Å². The van der Waals surface area contributed by atoms with Crippen molar-refractivity contribution in [2.75, 3.05) is 13.1 Å². The lowest BCUT2D eigenvalue weighted by atomic mass is 9.94. The highest BCUT2D eigenvalue weighted by Crippen LogP contribution is 2.27. The molecule has 0 unspecified atom stereocenters. The van der Waals surface area contributed by atoms with Crippen LogP contribution in [0, 0.1) is 0 Å². The first-order valence-electron chi connectivity index (χ1n) is 7.14. The molecule has 0 amide bonds. The number of H-pyrrole nitrogens is 1. The monoisotopic (exact) mass is 338 g/mol. The minimum absolute atomic E-state index is 0. The molecule has 22 heavy (non-hydrogen) atoms. The Morgan fingerprint density at radius 2 is 2.00 bits per heavy atom. The van der Waals surface area contributed by atoms with Crippen molar-refractivity contribution >= 4 is 40.6 Å². The minimum atomic E-state index is -0.0761. The summed E-state index contributed by atoms with van der Waals surface area (Å²) in [7, 11) is 0. The summed E-state index contributed by atoms with van der Waals surface area (Å²) in [6, 6.07) is 7.23. The van der Waals surface area contributed by atoms with Gasteiger partial charge < -0.3 is 10.3 Å². The van der Waals surface area contributed by atoms with Crippen LogP contribution in [-0.4, -0.2) is 27.7 Å². The van der Waals surface area contributed by atoms with E-state index in [-0.39, 0.29) is 18.0 Å². The quantitative estimate of drug-likeness (QED) is 0.717. The topological polar surface area (TPSA) is 62.2 Å². The van der Waals surface area contributed by atoms with Crippen LogP contribution >= 0.6 is 24.0 Å². The third-order valence-corrected chi connectivity index (χ3v) is 4.39. The Bertz CT molecular complexity index is 880. The van der Waals surface area contributed by atoms with Crippen molar-refractivity contribution in [3.63, 3.8) is 0 Å². The van der Waals surface area contributed by atoms with Crippen molar-refractivity contribution in [2.24, 2.45) is 0 Å². The van der Waals surface area contributed by atoms with E-state index in [9.17, 15) is 4.79 Å². The number of nitrogens with one attached hydrogen (secondary N) is 2. The number of benzene rings is 1. The van der Waals surface area contributed by atoms with E-state index in [2.05, 4.69) is 15.4 Å². The van der Waals surface area contributed by atoms with Crippen LogP contribution in [0.3, 0.4) is 0 Å². The van der Waals surface area contributed by atoms with Crippen LogP contribution in [0.25, 0.3) is 16.6 Å². The highest BCUT2D eigenvalue weighted by Gasteiger charge is 2.20. The molecule has 5 nitrogen and oxygen atoms in total. The number of piperidine rings is 1. The van der Waals surface area contributed by atoms with E-state index in [0.717, 1.165) is 48.2 Å². The molecule has 3 aromatic rings. The molecule has 2 aromatic heterocycles. The van der Waals surface area contributed by atoms with Gasteiger partial charge in [0.05, 0.1) is 11.2 Å². The van der Waals surface area contributed by atoms with Gasteiger partial charge in [-0.25, -0.2) is 4.52 Å². The molecule has 7 heteroatoms. The van der Waals surface area contributed by atoms with E-state index in [1.807, 2.05) is 22.7 Å². The van der Waals surface area contributed by atoms with Crippen LogP contribution in [-0.2, 0) is 0 Å². The van der Waals surface area contributed by atoms with Gasteiger partial charge >= 0.3 is 0 Å². The molecule has 0 atom stereocenters. The Morgan fingerprint density at radius 3 is 2.77 bits per heavy atom. The first-order chi connectivity index (χ1) is 10.2. The molecule has 0 saturated carbocycles. The molecule has 0 radical (unpaired) electrons. The van der Waals surface area contributed by atoms with Crippen LogP contribution in [0.5, 0.6) is 0 Å². The summed E-state index contributed by atoms with van der Waals surface area (Å²) in [6.45, 7) is 1.96. The highest BCUT2D eigenvalue weighted by atomic mass is 35.5. The standard InChI is InChI=1S/C15H15ClN4O.ClH/c16-10-1-2-11-12(7-10)19-20-13(8-14(21)18-15(11)20)9-3-5-17-6-4-9;/h1-2,7-9,17H,3-6H2,(H,18,21);1H. The Labute approximate surface area is 138 Å². The minimum Gasteiger partial charge on any atom is -0.317 e. The number of hydrogen-bond donors (Lipinski definition) is 2. The van der Waals surface area contributed by atoms with Gasteiger partial charge in [-0.15, -0.1) is 12.4 Å². The van der Waals surface area contributed by atoms with Crippen molar-refractivity contribution < 1.29 is 0 Å². The maximum Gasteiger partial charge on any atom is 0.251 e. The van der Waals surface area contributed by atoms with Gasteiger partial charge in [0.25, 0.3) is 5.56 Å². The zero-order chi connectivity index (χ0) is 14.4. The van der Waals surface area contributed by atoms with Crippen molar-refractivity contribution in [3.05, 3.63) is 45.3 Å². The number of aromatic amines is 1. The predicted molar refractivity (Wildman–Crippen MR) is 90.4 cm³/mol. The number of nitrogens with zero attached hydrogens (tertiary/aromatic N) is 2. The number of rotatable bonds is 1. The van der Waals surface area contributed by atoms with E-state index in [1.54, 1.807) is 6.07 Å². The van der Waals surface area contributed by atoms with Gasteiger partial charge in [-0.2, -0.15) is 5.10 Å². The molecule has 1 aliphatic heterocycles. The van der Waals surface area contributed by atoms with Crippen LogP contribution in [0.1, 0.15) is 24.5 Å². The van der Waals surface area contributed by atoms with Crippen molar-refractivity contribution in [3.8, 4) is 0 Å². The summed E-state index contributed by atoms with van der Waals surface area (Å²) in [5.74, 6) is 0.362. The molecule has 116 valence electrons. The molecule has 0 spiro atoms. The fourth-order valence-corrected chi connectivity index (χ4v) is 3.29. The third kappa shape index (κ3) is 2.49. The zero-order valence-corrected chi connectivity index (χ0v) is 13.4. The Morgan fingerprint density at radius 1 is 1.23 bits per heavy atom. The molecule has 0 aliphatic carbocycles. The maximum absolute atomic E-state index is 12.0. The lowest BCUT2D eigenvalue weighted by Gasteiger charge is -2.23. The molecule has 3 heterocycles. The molecule has 1 fully saturated rings. The van der Waals surface area contributed by atoms with E-state index in [1.165, 1.54) is 0 Å². The van der Waals surface area contributed by atoms with Crippen molar-refractivity contribution in [2.45, 2.75) is 18.8 Å². The van der Waals surface area contributed by atoms with Crippen LogP contribution < -0.4 is 10.9 Å². The Balaban J connectivity index is 0.00000144. The SMILES string of the molecule is Cl.O=c1cc(C2CCNCC2)n2nc3cc(Cl)ccc3c2[nH]1. The summed E-state index contributed by atoms with van der Waals surface area (Å²) in [5.41, 5.74) is 2.47. The summed E-state index contributed by atoms with van der Waals surface area (Å²) >= 11 is 6.04. The Kier molecular flexibility index (Phi) is 4.12. The highest BCUT2D eigenvalue weighted by molar-refractivity contribution is 6.31. The smallest absolute Gasteiger partial charge is 0.251 e. The second-order valence-electron chi connectivity index (χ2n) is 5.50. The first kappa shape index (κ1) is 15.3. The summed E-state index contributed by atoms with van der Waals surface area (Å²) in [5, 5.41) is 9.56.